The summed E-state index contributed by atoms with van der Waals surface area (Å²) in [6.45, 7) is 6.99. The van der Waals surface area contributed by atoms with Gasteiger partial charge in [-0.25, -0.2) is 0 Å². The Hall–Kier alpha value is -0.0400. The van der Waals surface area contributed by atoms with Crippen LogP contribution in [0.5, 0.6) is 0 Å². The molecule has 0 aromatic heterocycles. The topological polar surface area (TPSA) is 20.2 Å². The van der Waals surface area contributed by atoms with Gasteiger partial charge in [0.2, 0.25) is 0 Å². The minimum atomic E-state index is -0.344. The van der Waals surface area contributed by atoms with E-state index in [2.05, 4.69) is 20.8 Å². The molecule has 0 aromatic carbocycles. The van der Waals surface area contributed by atoms with Crippen molar-refractivity contribution in [3.63, 3.8) is 0 Å². The average Bonchev–Trinajstić information content (AvgIpc) is 2.10. The summed E-state index contributed by atoms with van der Waals surface area (Å²) in [7, 11) is 0. The Morgan fingerprint density at radius 1 is 1.20 bits per heavy atom. The molecule has 0 amide bonds. The molecule has 4 rings (SSSR count). The van der Waals surface area contributed by atoms with Gasteiger partial charge in [-0.1, -0.05) is 20.8 Å². The normalized spacial score (nSPS) is 62.4. The van der Waals surface area contributed by atoms with Crippen molar-refractivity contribution in [1.82, 2.24) is 0 Å². The van der Waals surface area contributed by atoms with Crippen molar-refractivity contribution in [2.24, 2.45) is 22.7 Å². The molecule has 4 aliphatic carbocycles. The van der Waals surface area contributed by atoms with Crippen LogP contribution in [0.25, 0.3) is 0 Å². The summed E-state index contributed by atoms with van der Waals surface area (Å²) in [5, 5.41) is 11.0. The summed E-state index contributed by atoms with van der Waals surface area (Å²) in [5.41, 5.74) is 0.437. The van der Waals surface area contributed by atoms with Crippen molar-refractivity contribution >= 4 is 0 Å². The molecule has 15 heavy (non-hydrogen) atoms. The van der Waals surface area contributed by atoms with Gasteiger partial charge < -0.3 is 5.11 Å². The average molecular weight is 208 g/mol. The zero-order valence-electron chi connectivity index (χ0n) is 10.3. The highest BCUT2D eigenvalue weighted by Gasteiger charge is 2.64. The molecule has 1 heteroatoms. The van der Waals surface area contributed by atoms with Gasteiger partial charge in [-0.2, -0.15) is 0 Å². The summed E-state index contributed by atoms with van der Waals surface area (Å²) < 4.78 is 0. The second kappa shape index (κ2) is 2.61. The van der Waals surface area contributed by atoms with E-state index in [-0.39, 0.29) is 11.0 Å². The first-order chi connectivity index (χ1) is 6.91. The summed E-state index contributed by atoms with van der Waals surface area (Å²) >= 11 is 0. The fraction of sp³-hybridized carbons (Fsp3) is 1.00. The number of aliphatic hydroxyl groups is 1. The largest absolute Gasteiger partial charge is 0.389 e. The standard InChI is InChI=1S/C14H24O/c1-4-14(15)11-5-10-6-12(2,8-11)9-13(14,3)7-10/h10-11,15H,4-9H2,1-3H3. The maximum Gasteiger partial charge on any atom is 0.0727 e. The maximum atomic E-state index is 11.0. The van der Waals surface area contributed by atoms with Crippen LogP contribution in [0.4, 0.5) is 0 Å². The summed E-state index contributed by atoms with van der Waals surface area (Å²) in [6, 6.07) is 0. The van der Waals surface area contributed by atoms with E-state index in [0.29, 0.717) is 11.3 Å². The van der Waals surface area contributed by atoms with E-state index in [1.165, 1.54) is 32.1 Å². The first-order valence-electron chi connectivity index (χ1n) is 6.63. The lowest BCUT2D eigenvalue weighted by Gasteiger charge is -2.68. The Morgan fingerprint density at radius 2 is 1.93 bits per heavy atom. The van der Waals surface area contributed by atoms with Gasteiger partial charge in [0.25, 0.3) is 0 Å². The molecule has 1 N–H and O–H groups in total. The predicted molar refractivity (Wildman–Crippen MR) is 61.5 cm³/mol. The Morgan fingerprint density at radius 3 is 2.47 bits per heavy atom. The van der Waals surface area contributed by atoms with Crippen molar-refractivity contribution in [2.75, 3.05) is 0 Å². The Balaban J connectivity index is 2.05. The van der Waals surface area contributed by atoms with Crippen molar-refractivity contribution in [3.05, 3.63) is 0 Å². The van der Waals surface area contributed by atoms with Crippen LogP contribution in [0, 0.1) is 22.7 Å². The Bertz CT molecular complexity index is 300. The van der Waals surface area contributed by atoms with Crippen LogP contribution in [-0.4, -0.2) is 10.7 Å². The zero-order valence-corrected chi connectivity index (χ0v) is 10.3. The smallest absolute Gasteiger partial charge is 0.0727 e. The van der Waals surface area contributed by atoms with Crippen LogP contribution in [0.1, 0.15) is 59.3 Å². The monoisotopic (exact) mass is 208 g/mol. The molecule has 5 unspecified atom stereocenters. The van der Waals surface area contributed by atoms with Crippen LogP contribution in [0.2, 0.25) is 0 Å². The van der Waals surface area contributed by atoms with Crippen LogP contribution in [0.15, 0.2) is 0 Å². The van der Waals surface area contributed by atoms with Gasteiger partial charge in [0.05, 0.1) is 5.60 Å². The van der Waals surface area contributed by atoms with Crippen molar-refractivity contribution in [2.45, 2.75) is 64.9 Å². The van der Waals surface area contributed by atoms with Gasteiger partial charge in [0.15, 0.2) is 0 Å². The van der Waals surface area contributed by atoms with E-state index in [0.717, 1.165) is 12.3 Å². The third-order valence-corrected chi connectivity index (χ3v) is 5.95. The van der Waals surface area contributed by atoms with Crippen LogP contribution in [-0.2, 0) is 0 Å². The SMILES string of the molecule is CCC1(O)C2CC3CC(C)(C2)CC1(C)C3. The Kier molecular flexibility index (Phi) is 1.77. The fourth-order valence-corrected chi connectivity index (χ4v) is 5.80. The van der Waals surface area contributed by atoms with Gasteiger partial charge in [0.1, 0.15) is 0 Å². The summed E-state index contributed by atoms with van der Waals surface area (Å²) in [5.74, 6) is 1.51. The van der Waals surface area contributed by atoms with Crippen molar-refractivity contribution in [3.8, 4) is 0 Å². The van der Waals surface area contributed by atoms with E-state index in [1.54, 1.807) is 0 Å². The molecule has 4 bridgehead atoms. The number of hydrogen-bond donors (Lipinski definition) is 1. The van der Waals surface area contributed by atoms with Gasteiger partial charge in [0, 0.05) is 0 Å². The molecule has 0 spiro atoms. The molecule has 5 atom stereocenters. The predicted octanol–water partition coefficient (Wildman–Crippen LogP) is 3.36. The van der Waals surface area contributed by atoms with E-state index >= 15 is 0 Å². The quantitative estimate of drug-likeness (QED) is 0.700. The molecule has 86 valence electrons. The molecule has 0 aliphatic heterocycles. The third kappa shape index (κ3) is 1.08. The van der Waals surface area contributed by atoms with Crippen LogP contribution >= 0.6 is 0 Å². The zero-order chi connectivity index (χ0) is 10.9. The lowest BCUT2D eigenvalue weighted by atomic mass is 9.39. The first kappa shape index (κ1) is 10.1. The maximum absolute atomic E-state index is 11.0. The van der Waals surface area contributed by atoms with Crippen molar-refractivity contribution in [1.29, 1.82) is 0 Å². The van der Waals surface area contributed by atoms with Gasteiger partial charge in [-0.05, 0) is 61.2 Å². The molecule has 0 heterocycles. The van der Waals surface area contributed by atoms with Crippen LogP contribution < -0.4 is 0 Å². The third-order valence-electron chi connectivity index (χ3n) is 5.95. The number of rotatable bonds is 1. The second-order valence-electron chi connectivity index (χ2n) is 7.24. The van der Waals surface area contributed by atoms with Crippen LogP contribution in [0.3, 0.4) is 0 Å². The summed E-state index contributed by atoms with van der Waals surface area (Å²) in [6.07, 6.45) is 7.51. The molecular weight excluding hydrogens is 184 g/mol. The molecule has 0 aromatic rings. The van der Waals surface area contributed by atoms with Gasteiger partial charge in [-0.15, -0.1) is 0 Å². The lowest BCUT2D eigenvalue weighted by Crippen LogP contribution is -2.65. The highest BCUT2D eigenvalue weighted by atomic mass is 16.3. The molecule has 4 aliphatic rings. The first-order valence-corrected chi connectivity index (χ1v) is 6.63. The minimum Gasteiger partial charge on any atom is -0.389 e. The number of hydrogen-bond acceptors (Lipinski definition) is 1. The highest BCUT2D eigenvalue weighted by Crippen LogP contribution is 2.69. The molecule has 0 radical (unpaired) electrons. The van der Waals surface area contributed by atoms with E-state index in [1.807, 2.05) is 0 Å². The highest BCUT2D eigenvalue weighted by molar-refractivity contribution is 5.15. The fourth-order valence-electron chi connectivity index (χ4n) is 5.80. The van der Waals surface area contributed by atoms with Crippen molar-refractivity contribution < 1.29 is 5.11 Å². The van der Waals surface area contributed by atoms with Gasteiger partial charge >= 0.3 is 0 Å². The molecule has 4 fully saturated rings. The van der Waals surface area contributed by atoms with Gasteiger partial charge in [-0.3, -0.25) is 0 Å². The van der Waals surface area contributed by atoms with E-state index < -0.39 is 0 Å². The lowest BCUT2D eigenvalue weighted by molar-refractivity contribution is -0.244. The Labute approximate surface area is 93.3 Å². The van der Waals surface area contributed by atoms with E-state index in [4.69, 9.17) is 0 Å². The molecular formula is C14H24O. The summed E-state index contributed by atoms with van der Waals surface area (Å²) in [4.78, 5) is 0. The van der Waals surface area contributed by atoms with E-state index in [9.17, 15) is 5.11 Å². The molecule has 0 saturated heterocycles. The minimum absolute atomic E-state index is 0.223. The molecule has 4 saturated carbocycles. The second-order valence-corrected chi connectivity index (χ2v) is 7.24. The molecule has 1 nitrogen and oxygen atoms in total.